The van der Waals surface area contributed by atoms with Gasteiger partial charge in [0.15, 0.2) is 5.05 Å². The zero-order valence-corrected chi connectivity index (χ0v) is 7.52. The van der Waals surface area contributed by atoms with Gasteiger partial charge in [-0.1, -0.05) is 24.3 Å². The second kappa shape index (κ2) is 2.72. The van der Waals surface area contributed by atoms with Crippen molar-refractivity contribution in [2.45, 2.75) is 6.92 Å². The lowest BCUT2D eigenvalue weighted by molar-refractivity contribution is 0.584. The minimum atomic E-state index is 0.582. The van der Waals surface area contributed by atoms with Gasteiger partial charge in [0.05, 0.1) is 0 Å². The van der Waals surface area contributed by atoms with Crippen LogP contribution < -0.4 is 4.74 Å². The van der Waals surface area contributed by atoms with E-state index < -0.39 is 0 Å². The van der Waals surface area contributed by atoms with Crippen LogP contribution in [-0.4, -0.2) is 5.05 Å². The van der Waals surface area contributed by atoms with E-state index in [0.717, 1.165) is 16.9 Å². The van der Waals surface area contributed by atoms with E-state index >= 15 is 0 Å². The summed E-state index contributed by atoms with van der Waals surface area (Å²) in [5.41, 5.74) is 2.13. The van der Waals surface area contributed by atoms with E-state index in [9.17, 15) is 0 Å². The molecule has 0 unspecified atom stereocenters. The van der Waals surface area contributed by atoms with Crippen LogP contribution in [0.2, 0.25) is 0 Å². The summed E-state index contributed by atoms with van der Waals surface area (Å²) >= 11 is 5.05. The monoisotopic (exact) mass is 176 g/mol. The first-order valence-electron chi connectivity index (χ1n) is 3.81. The molecule has 0 fully saturated rings. The molecule has 1 nitrogen and oxygen atoms in total. The zero-order chi connectivity index (χ0) is 8.55. The van der Waals surface area contributed by atoms with E-state index in [1.54, 1.807) is 0 Å². The fourth-order valence-corrected chi connectivity index (χ4v) is 1.63. The lowest BCUT2D eigenvalue weighted by Gasteiger charge is -1.92. The van der Waals surface area contributed by atoms with Gasteiger partial charge in [-0.25, -0.2) is 0 Å². The number of para-hydroxylation sites is 1. The molecular formula is C10H8OS. The quantitative estimate of drug-likeness (QED) is 0.444. The van der Waals surface area contributed by atoms with Crippen molar-refractivity contribution in [3.8, 4) is 5.75 Å². The number of allylic oxidation sites excluding steroid dienone is 1. The Kier molecular flexibility index (Phi) is 1.70. The third-order valence-electron chi connectivity index (χ3n) is 1.89. The minimum Gasteiger partial charge on any atom is -0.445 e. The number of rotatable bonds is 0. The Hall–Kier alpha value is -1.15. The van der Waals surface area contributed by atoms with E-state index in [-0.39, 0.29) is 0 Å². The first kappa shape index (κ1) is 7.50. The van der Waals surface area contributed by atoms with Crippen LogP contribution >= 0.6 is 12.2 Å². The molecular weight excluding hydrogens is 168 g/mol. The highest BCUT2D eigenvalue weighted by Crippen LogP contribution is 2.34. The van der Waals surface area contributed by atoms with Crippen LogP contribution in [0.3, 0.4) is 0 Å². The van der Waals surface area contributed by atoms with E-state index in [4.69, 9.17) is 17.0 Å². The predicted molar refractivity (Wildman–Crippen MR) is 53.3 cm³/mol. The molecule has 1 heterocycles. The van der Waals surface area contributed by atoms with Gasteiger partial charge in [-0.05, 0) is 25.2 Å². The molecule has 0 spiro atoms. The van der Waals surface area contributed by atoms with Gasteiger partial charge < -0.3 is 4.74 Å². The fraction of sp³-hybridized carbons (Fsp3) is 0.100. The fourth-order valence-electron chi connectivity index (χ4n) is 1.32. The minimum absolute atomic E-state index is 0.582. The summed E-state index contributed by atoms with van der Waals surface area (Å²) < 4.78 is 5.37. The van der Waals surface area contributed by atoms with Crippen molar-refractivity contribution in [2.75, 3.05) is 0 Å². The molecule has 0 saturated heterocycles. The average Bonchev–Trinajstić information content (AvgIpc) is 2.40. The first-order chi connectivity index (χ1) is 5.83. The Labute approximate surface area is 76.7 Å². The molecule has 0 atom stereocenters. The van der Waals surface area contributed by atoms with Crippen LogP contribution in [-0.2, 0) is 0 Å². The molecule has 60 valence electrons. The molecule has 1 aliphatic heterocycles. The second-order valence-corrected chi connectivity index (χ2v) is 2.96. The molecule has 1 aliphatic rings. The Balaban J connectivity index is 2.62. The zero-order valence-electron chi connectivity index (χ0n) is 6.70. The van der Waals surface area contributed by atoms with Crippen LogP contribution in [0.4, 0.5) is 0 Å². The summed E-state index contributed by atoms with van der Waals surface area (Å²) in [6.07, 6.45) is 1.98. The van der Waals surface area contributed by atoms with Gasteiger partial charge >= 0.3 is 0 Å². The number of thiocarbonyl (C=S) groups is 1. The second-order valence-electron chi connectivity index (χ2n) is 2.59. The van der Waals surface area contributed by atoms with Crippen molar-refractivity contribution in [3.05, 3.63) is 35.9 Å². The first-order valence-corrected chi connectivity index (χ1v) is 4.21. The molecule has 0 aromatic heterocycles. The summed E-state index contributed by atoms with van der Waals surface area (Å²) in [5.74, 6) is 0.871. The molecule has 0 amide bonds. The van der Waals surface area contributed by atoms with Crippen molar-refractivity contribution in [2.24, 2.45) is 0 Å². The summed E-state index contributed by atoms with van der Waals surface area (Å²) in [6.45, 7) is 1.97. The third-order valence-corrected chi connectivity index (χ3v) is 2.19. The summed E-state index contributed by atoms with van der Waals surface area (Å²) in [7, 11) is 0. The molecule has 0 aliphatic carbocycles. The van der Waals surface area contributed by atoms with Gasteiger partial charge in [0.1, 0.15) is 5.75 Å². The van der Waals surface area contributed by atoms with Gasteiger partial charge in [-0.2, -0.15) is 0 Å². The SMILES string of the molecule is C/C=C1\C(=S)Oc2ccccc21. The Morgan fingerprint density at radius 1 is 1.33 bits per heavy atom. The van der Waals surface area contributed by atoms with Crippen molar-refractivity contribution < 1.29 is 4.74 Å². The lowest BCUT2D eigenvalue weighted by atomic mass is 10.1. The van der Waals surface area contributed by atoms with E-state index in [0.29, 0.717) is 5.05 Å². The normalized spacial score (nSPS) is 17.8. The summed E-state index contributed by atoms with van der Waals surface area (Å²) in [5, 5.41) is 0.582. The van der Waals surface area contributed by atoms with Gasteiger partial charge in [-0.3, -0.25) is 0 Å². The van der Waals surface area contributed by atoms with Crippen LogP contribution in [0.25, 0.3) is 5.57 Å². The van der Waals surface area contributed by atoms with Crippen molar-refractivity contribution in [1.29, 1.82) is 0 Å². The number of hydrogen-bond donors (Lipinski definition) is 0. The highest BCUT2D eigenvalue weighted by atomic mass is 32.1. The number of benzene rings is 1. The Morgan fingerprint density at radius 2 is 2.08 bits per heavy atom. The smallest absolute Gasteiger partial charge is 0.198 e. The number of fused-ring (bicyclic) bond motifs is 1. The van der Waals surface area contributed by atoms with Gasteiger partial charge in [-0.15, -0.1) is 0 Å². The molecule has 0 N–H and O–H groups in total. The largest absolute Gasteiger partial charge is 0.445 e. The molecule has 2 heteroatoms. The predicted octanol–water partition coefficient (Wildman–Crippen LogP) is 2.81. The maximum Gasteiger partial charge on any atom is 0.198 e. The van der Waals surface area contributed by atoms with Crippen LogP contribution in [0.15, 0.2) is 30.3 Å². The molecule has 1 aromatic carbocycles. The van der Waals surface area contributed by atoms with E-state index in [1.807, 2.05) is 37.3 Å². The van der Waals surface area contributed by atoms with Gasteiger partial charge in [0, 0.05) is 11.1 Å². The average molecular weight is 176 g/mol. The Bertz CT molecular complexity index is 366. The molecule has 2 rings (SSSR count). The summed E-state index contributed by atoms with van der Waals surface area (Å²) in [4.78, 5) is 0. The molecule has 12 heavy (non-hydrogen) atoms. The molecule has 1 aromatic rings. The number of hydrogen-bond acceptors (Lipinski definition) is 2. The van der Waals surface area contributed by atoms with Crippen molar-refractivity contribution >= 4 is 22.8 Å². The number of ether oxygens (including phenoxy) is 1. The highest BCUT2D eigenvalue weighted by Gasteiger charge is 2.21. The Morgan fingerprint density at radius 3 is 2.83 bits per heavy atom. The van der Waals surface area contributed by atoms with Gasteiger partial charge in [0.25, 0.3) is 0 Å². The third kappa shape index (κ3) is 0.959. The van der Waals surface area contributed by atoms with Gasteiger partial charge in [0.2, 0.25) is 0 Å². The van der Waals surface area contributed by atoms with Crippen molar-refractivity contribution in [3.63, 3.8) is 0 Å². The van der Waals surface area contributed by atoms with Crippen LogP contribution in [0, 0.1) is 0 Å². The van der Waals surface area contributed by atoms with Crippen LogP contribution in [0.1, 0.15) is 12.5 Å². The molecule has 0 bridgehead atoms. The van der Waals surface area contributed by atoms with E-state index in [2.05, 4.69) is 0 Å². The maximum absolute atomic E-state index is 5.37. The maximum atomic E-state index is 5.37. The highest BCUT2D eigenvalue weighted by molar-refractivity contribution is 7.81. The van der Waals surface area contributed by atoms with Crippen molar-refractivity contribution in [1.82, 2.24) is 0 Å². The standard InChI is InChI=1S/C10H8OS/c1-2-7-8-5-3-4-6-9(8)11-10(7)12/h2-6H,1H3/b7-2-. The topological polar surface area (TPSA) is 9.23 Å². The van der Waals surface area contributed by atoms with Crippen LogP contribution in [0.5, 0.6) is 5.75 Å². The summed E-state index contributed by atoms with van der Waals surface area (Å²) in [6, 6.07) is 7.88. The lowest BCUT2D eigenvalue weighted by Crippen LogP contribution is -1.96. The molecule has 0 saturated carbocycles. The van der Waals surface area contributed by atoms with E-state index in [1.165, 1.54) is 0 Å². The molecule has 0 radical (unpaired) electrons.